The molecule has 0 unspecified atom stereocenters. The highest BCUT2D eigenvalue weighted by molar-refractivity contribution is 9.08. The van der Waals surface area contributed by atoms with Gasteiger partial charge in [0.25, 0.3) is 0 Å². The summed E-state index contributed by atoms with van der Waals surface area (Å²) >= 11 is 3.50. The lowest BCUT2D eigenvalue weighted by molar-refractivity contribution is 1.44. The molecule has 0 nitrogen and oxygen atoms in total. The van der Waals surface area contributed by atoms with Crippen molar-refractivity contribution in [2.45, 2.75) is 12.3 Å². The number of alkyl halides is 1. The summed E-state index contributed by atoms with van der Waals surface area (Å²) in [6.45, 7) is 2.15. The molecule has 0 fully saturated rings. The van der Waals surface area contributed by atoms with Crippen molar-refractivity contribution in [1.82, 2.24) is 0 Å². The molecule has 0 aromatic heterocycles. The third-order valence-corrected chi connectivity index (χ3v) is 2.98. The van der Waals surface area contributed by atoms with E-state index in [2.05, 4.69) is 59.3 Å². The molecular formula is C12H11Br. The fourth-order valence-electron chi connectivity index (χ4n) is 1.63. The highest BCUT2D eigenvalue weighted by Crippen LogP contribution is 2.23. The lowest BCUT2D eigenvalue weighted by atomic mass is 10.0. The smallest absolute Gasteiger partial charge is 0.0289 e. The summed E-state index contributed by atoms with van der Waals surface area (Å²) in [7, 11) is 0. The molecule has 2 rings (SSSR count). The fourth-order valence-corrected chi connectivity index (χ4v) is 2.12. The van der Waals surface area contributed by atoms with E-state index in [0.29, 0.717) is 0 Å². The van der Waals surface area contributed by atoms with Gasteiger partial charge in [-0.1, -0.05) is 52.3 Å². The summed E-state index contributed by atoms with van der Waals surface area (Å²) < 4.78 is 0. The Morgan fingerprint density at radius 1 is 1.00 bits per heavy atom. The number of fused-ring (bicyclic) bond motifs is 1. The zero-order valence-electron chi connectivity index (χ0n) is 7.55. The largest absolute Gasteiger partial charge is 0.0876 e. The van der Waals surface area contributed by atoms with Gasteiger partial charge < -0.3 is 0 Å². The normalized spacial score (nSPS) is 10.6. The second kappa shape index (κ2) is 3.51. The Morgan fingerprint density at radius 3 is 2.38 bits per heavy atom. The Morgan fingerprint density at radius 2 is 1.69 bits per heavy atom. The van der Waals surface area contributed by atoms with Crippen LogP contribution in [-0.4, -0.2) is 0 Å². The minimum Gasteiger partial charge on any atom is -0.0876 e. The van der Waals surface area contributed by atoms with Crippen LogP contribution in [0.15, 0.2) is 36.4 Å². The number of hydrogen-bond donors (Lipinski definition) is 0. The Hall–Kier alpha value is -0.820. The lowest BCUT2D eigenvalue weighted by Crippen LogP contribution is -1.84. The van der Waals surface area contributed by atoms with E-state index in [1.807, 2.05) is 0 Å². The van der Waals surface area contributed by atoms with Crippen molar-refractivity contribution in [2.24, 2.45) is 0 Å². The van der Waals surface area contributed by atoms with Gasteiger partial charge in [-0.25, -0.2) is 0 Å². The van der Waals surface area contributed by atoms with Gasteiger partial charge in [-0.15, -0.1) is 0 Å². The monoisotopic (exact) mass is 234 g/mol. The predicted molar refractivity (Wildman–Crippen MR) is 61.3 cm³/mol. The molecule has 0 bridgehead atoms. The maximum absolute atomic E-state index is 3.50. The van der Waals surface area contributed by atoms with Crippen LogP contribution in [0, 0.1) is 6.92 Å². The third-order valence-electron chi connectivity index (χ3n) is 2.38. The SMILES string of the molecule is Cc1ccc(CBr)c2ccccc12. The molecule has 0 aliphatic carbocycles. The molecule has 13 heavy (non-hydrogen) atoms. The first kappa shape index (κ1) is 8.76. The third kappa shape index (κ3) is 1.49. The minimum atomic E-state index is 0.924. The average Bonchev–Trinajstić information content (AvgIpc) is 2.19. The molecular weight excluding hydrogens is 224 g/mol. The Labute approximate surface area is 86.7 Å². The number of halogens is 1. The van der Waals surface area contributed by atoms with Crippen LogP contribution in [0.5, 0.6) is 0 Å². The van der Waals surface area contributed by atoms with Crippen molar-refractivity contribution in [3.05, 3.63) is 47.5 Å². The minimum absolute atomic E-state index is 0.924. The molecule has 0 atom stereocenters. The first-order valence-electron chi connectivity index (χ1n) is 4.36. The predicted octanol–water partition coefficient (Wildman–Crippen LogP) is 4.04. The van der Waals surface area contributed by atoms with Gasteiger partial charge in [-0.3, -0.25) is 0 Å². The van der Waals surface area contributed by atoms with Gasteiger partial charge in [-0.05, 0) is 28.8 Å². The Balaban J connectivity index is 2.84. The van der Waals surface area contributed by atoms with E-state index >= 15 is 0 Å². The van der Waals surface area contributed by atoms with E-state index in [1.54, 1.807) is 0 Å². The summed E-state index contributed by atoms with van der Waals surface area (Å²) in [5, 5.41) is 3.65. The molecule has 2 aromatic carbocycles. The average molecular weight is 235 g/mol. The molecule has 1 heteroatoms. The van der Waals surface area contributed by atoms with Crippen LogP contribution in [0.2, 0.25) is 0 Å². The molecule has 0 spiro atoms. The van der Waals surface area contributed by atoms with Crippen molar-refractivity contribution >= 4 is 26.7 Å². The van der Waals surface area contributed by atoms with Gasteiger partial charge in [0.05, 0.1) is 0 Å². The molecule has 0 aliphatic rings. The second-order valence-corrected chi connectivity index (χ2v) is 3.78. The number of rotatable bonds is 1. The van der Waals surface area contributed by atoms with Gasteiger partial charge in [0, 0.05) is 5.33 Å². The van der Waals surface area contributed by atoms with E-state index in [9.17, 15) is 0 Å². The van der Waals surface area contributed by atoms with Crippen molar-refractivity contribution in [2.75, 3.05) is 0 Å². The van der Waals surface area contributed by atoms with Crippen LogP contribution < -0.4 is 0 Å². The van der Waals surface area contributed by atoms with Gasteiger partial charge in [0.15, 0.2) is 0 Å². The van der Waals surface area contributed by atoms with Crippen molar-refractivity contribution < 1.29 is 0 Å². The zero-order valence-corrected chi connectivity index (χ0v) is 9.14. The summed E-state index contributed by atoms with van der Waals surface area (Å²) in [4.78, 5) is 0. The Kier molecular flexibility index (Phi) is 2.36. The molecule has 0 heterocycles. The van der Waals surface area contributed by atoms with Crippen LogP contribution >= 0.6 is 15.9 Å². The molecule has 2 aromatic rings. The van der Waals surface area contributed by atoms with Gasteiger partial charge >= 0.3 is 0 Å². The van der Waals surface area contributed by atoms with Gasteiger partial charge in [0.2, 0.25) is 0 Å². The van der Waals surface area contributed by atoms with Crippen LogP contribution in [-0.2, 0) is 5.33 Å². The van der Waals surface area contributed by atoms with E-state index < -0.39 is 0 Å². The highest BCUT2D eigenvalue weighted by Gasteiger charge is 2.00. The van der Waals surface area contributed by atoms with E-state index in [0.717, 1.165) is 5.33 Å². The zero-order chi connectivity index (χ0) is 9.26. The van der Waals surface area contributed by atoms with E-state index in [4.69, 9.17) is 0 Å². The van der Waals surface area contributed by atoms with Crippen LogP contribution in [0.4, 0.5) is 0 Å². The van der Waals surface area contributed by atoms with E-state index in [-0.39, 0.29) is 0 Å². The number of hydrogen-bond acceptors (Lipinski definition) is 0. The Bertz CT molecular complexity index is 432. The summed E-state index contributed by atoms with van der Waals surface area (Å²) in [5.74, 6) is 0. The summed E-state index contributed by atoms with van der Waals surface area (Å²) in [6, 6.07) is 12.9. The standard InChI is InChI=1S/C12H11Br/c1-9-6-7-10(8-13)12-5-3-2-4-11(9)12/h2-7H,8H2,1H3. The van der Waals surface area contributed by atoms with Crippen LogP contribution in [0.3, 0.4) is 0 Å². The molecule has 0 amide bonds. The number of aryl methyl sites for hydroxylation is 1. The summed E-state index contributed by atoms with van der Waals surface area (Å²) in [6.07, 6.45) is 0. The maximum atomic E-state index is 3.50. The van der Waals surface area contributed by atoms with Gasteiger partial charge in [0.1, 0.15) is 0 Å². The molecule has 66 valence electrons. The molecule has 0 radical (unpaired) electrons. The topological polar surface area (TPSA) is 0 Å². The van der Waals surface area contributed by atoms with Gasteiger partial charge in [-0.2, -0.15) is 0 Å². The van der Waals surface area contributed by atoms with Crippen molar-refractivity contribution in [1.29, 1.82) is 0 Å². The lowest BCUT2D eigenvalue weighted by Gasteiger charge is -2.05. The maximum Gasteiger partial charge on any atom is 0.0289 e. The summed E-state index contributed by atoms with van der Waals surface area (Å²) in [5.41, 5.74) is 2.71. The van der Waals surface area contributed by atoms with Crippen LogP contribution in [0.1, 0.15) is 11.1 Å². The second-order valence-electron chi connectivity index (χ2n) is 3.22. The first-order chi connectivity index (χ1) is 6.33. The van der Waals surface area contributed by atoms with Crippen molar-refractivity contribution in [3.63, 3.8) is 0 Å². The van der Waals surface area contributed by atoms with E-state index in [1.165, 1.54) is 21.9 Å². The fraction of sp³-hybridized carbons (Fsp3) is 0.167. The molecule has 0 saturated heterocycles. The van der Waals surface area contributed by atoms with Crippen LogP contribution in [0.25, 0.3) is 10.8 Å². The number of benzene rings is 2. The molecule has 0 N–H and O–H groups in total. The molecule has 0 aliphatic heterocycles. The molecule has 0 saturated carbocycles. The quantitative estimate of drug-likeness (QED) is 0.654. The first-order valence-corrected chi connectivity index (χ1v) is 5.48. The highest BCUT2D eigenvalue weighted by atomic mass is 79.9. The van der Waals surface area contributed by atoms with Crippen molar-refractivity contribution in [3.8, 4) is 0 Å².